The van der Waals surface area contributed by atoms with E-state index >= 15 is 0 Å². The van der Waals surface area contributed by atoms with Gasteiger partial charge in [-0.3, -0.25) is 9.78 Å². The number of benzene rings is 1. The first-order chi connectivity index (χ1) is 14.2. The van der Waals surface area contributed by atoms with Gasteiger partial charge >= 0.3 is 0 Å². The summed E-state index contributed by atoms with van der Waals surface area (Å²) in [7, 11) is 0. The average molecular weight is 410 g/mol. The highest BCUT2D eigenvalue weighted by molar-refractivity contribution is 7.99. The molecule has 0 saturated carbocycles. The lowest BCUT2D eigenvalue weighted by atomic mass is 10.1. The number of pyridine rings is 2. The first kappa shape index (κ1) is 21.0. The molecule has 150 valence electrons. The summed E-state index contributed by atoms with van der Waals surface area (Å²) >= 11 is 1.58. The van der Waals surface area contributed by atoms with Crippen LogP contribution in [0.3, 0.4) is 0 Å². The molecule has 2 heterocycles. The average Bonchev–Trinajstić information content (AvgIpc) is 2.76. The Kier molecular flexibility index (Phi) is 8.19. The molecule has 0 spiro atoms. The molecule has 0 aliphatic heterocycles. The van der Waals surface area contributed by atoms with Gasteiger partial charge in [-0.2, -0.15) is 0 Å². The molecule has 29 heavy (non-hydrogen) atoms. The number of halogens is 1. The largest absolute Gasteiger partial charge is 0.352 e. The summed E-state index contributed by atoms with van der Waals surface area (Å²) in [4.78, 5) is 21.2. The molecule has 0 aliphatic rings. The van der Waals surface area contributed by atoms with Crippen LogP contribution in [-0.4, -0.2) is 28.2 Å². The SMILES string of the molecule is O=C(NCCCc1ccccn1)c1cccnc1SCCCc1ccc(F)cc1. The maximum atomic E-state index is 13.0. The van der Waals surface area contributed by atoms with Gasteiger partial charge in [-0.15, -0.1) is 11.8 Å². The lowest BCUT2D eigenvalue weighted by molar-refractivity contribution is 0.0949. The number of aromatic nitrogens is 2. The number of aryl methyl sites for hydroxylation is 2. The van der Waals surface area contributed by atoms with Crippen molar-refractivity contribution in [3.8, 4) is 0 Å². The normalized spacial score (nSPS) is 10.7. The van der Waals surface area contributed by atoms with Crippen LogP contribution in [0.2, 0.25) is 0 Å². The first-order valence-corrected chi connectivity index (χ1v) is 10.7. The molecule has 3 aromatic rings. The fraction of sp³-hybridized carbons (Fsp3) is 0.261. The number of nitrogens with zero attached hydrogens (tertiary/aromatic N) is 2. The number of nitrogens with one attached hydrogen (secondary N) is 1. The minimum Gasteiger partial charge on any atom is -0.352 e. The molecular formula is C23H24FN3OS. The van der Waals surface area contributed by atoms with Gasteiger partial charge in [0.2, 0.25) is 0 Å². The number of hydrogen-bond acceptors (Lipinski definition) is 4. The van der Waals surface area contributed by atoms with E-state index in [9.17, 15) is 9.18 Å². The third-order valence-electron chi connectivity index (χ3n) is 4.40. The molecular weight excluding hydrogens is 385 g/mol. The smallest absolute Gasteiger partial charge is 0.254 e. The van der Waals surface area contributed by atoms with E-state index in [1.807, 2.05) is 36.4 Å². The molecule has 1 amide bonds. The number of carbonyl (C=O) groups excluding carboxylic acids is 1. The van der Waals surface area contributed by atoms with Crippen LogP contribution in [0.25, 0.3) is 0 Å². The number of thioether (sulfide) groups is 1. The molecule has 0 saturated heterocycles. The van der Waals surface area contributed by atoms with Gasteiger partial charge in [0.05, 0.1) is 5.56 Å². The maximum Gasteiger partial charge on any atom is 0.254 e. The lowest BCUT2D eigenvalue weighted by Crippen LogP contribution is -2.25. The molecule has 0 unspecified atom stereocenters. The zero-order chi connectivity index (χ0) is 20.3. The molecule has 0 bridgehead atoms. The second kappa shape index (κ2) is 11.3. The summed E-state index contributed by atoms with van der Waals surface area (Å²) in [6.07, 6.45) is 6.96. The van der Waals surface area contributed by atoms with Crippen molar-refractivity contribution in [2.24, 2.45) is 0 Å². The second-order valence-electron chi connectivity index (χ2n) is 6.62. The molecule has 4 nitrogen and oxygen atoms in total. The van der Waals surface area contributed by atoms with Gasteiger partial charge in [0.15, 0.2) is 0 Å². The summed E-state index contributed by atoms with van der Waals surface area (Å²) in [5.41, 5.74) is 2.75. The minimum atomic E-state index is -0.215. The number of carbonyl (C=O) groups is 1. The Balaban J connectivity index is 1.43. The standard InChI is InChI=1S/C23H24FN3OS/c24-19-12-10-18(11-13-19)6-5-17-29-23-21(9-4-16-27-23)22(28)26-15-3-8-20-7-1-2-14-25-20/h1-2,4,7,9-14,16H,3,5-6,8,15,17H2,(H,26,28). The Morgan fingerprint density at radius 3 is 2.55 bits per heavy atom. The molecule has 0 fully saturated rings. The van der Waals surface area contributed by atoms with E-state index in [4.69, 9.17) is 0 Å². The van der Waals surface area contributed by atoms with Crippen LogP contribution >= 0.6 is 11.8 Å². The summed E-state index contributed by atoms with van der Waals surface area (Å²) in [6.45, 7) is 0.596. The fourth-order valence-electron chi connectivity index (χ4n) is 2.89. The van der Waals surface area contributed by atoms with Crippen LogP contribution in [0.4, 0.5) is 4.39 Å². The Morgan fingerprint density at radius 2 is 1.76 bits per heavy atom. The van der Waals surface area contributed by atoms with Crippen molar-refractivity contribution in [1.29, 1.82) is 0 Å². The van der Waals surface area contributed by atoms with Crippen molar-refractivity contribution >= 4 is 17.7 Å². The van der Waals surface area contributed by atoms with E-state index in [0.717, 1.165) is 47.7 Å². The van der Waals surface area contributed by atoms with Gasteiger partial charge in [-0.05, 0) is 73.4 Å². The van der Waals surface area contributed by atoms with Crippen LogP contribution < -0.4 is 5.32 Å². The topological polar surface area (TPSA) is 54.9 Å². The quantitative estimate of drug-likeness (QED) is 0.389. The molecule has 3 rings (SSSR count). The van der Waals surface area contributed by atoms with Crippen molar-refractivity contribution in [2.45, 2.75) is 30.7 Å². The van der Waals surface area contributed by atoms with Crippen LogP contribution in [0.1, 0.15) is 34.5 Å². The molecule has 2 aromatic heterocycles. The van der Waals surface area contributed by atoms with Gasteiger partial charge in [0.1, 0.15) is 10.8 Å². The van der Waals surface area contributed by atoms with Crippen LogP contribution in [0, 0.1) is 5.82 Å². The van der Waals surface area contributed by atoms with Gasteiger partial charge in [0, 0.05) is 24.6 Å². The van der Waals surface area contributed by atoms with Crippen molar-refractivity contribution in [3.05, 3.63) is 89.6 Å². The fourth-order valence-corrected chi connectivity index (χ4v) is 3.82. The van der Waals surface area contributed by atoms with Crippen molar-refractivity contribution in [3.63, 3.8) is 0 Å². The monoisotopic (exact) mass is 409 g/mol. The summed E-state index contributed by atoms with van der Waals surface area (Å²) < 4.78 is 13.0. The van der Waals surface area contributed by atoms with Crippen LogP contribution in [0.15, 0.2) is 72.0 Å². The predicted molar refractivity (Wildman–Crippen MR) is 115 cm³/mol. The van der Waals surface area contributed by atoms with E-state index in [1.165, 1.54) is 12.1 Å². The Morgan fingerprint density at radius 1 is 0.931 bits per heavy atom. The highest BCUT2D eigenvalue weighted by Gasteiger charge is 2.12. The Labute approximate surface area is 175 Å². The van der Waals surface area contributed by atoms with Crippen molar-refractivity contribution in [2.75, 3.05) is 12.3 Å². The van der Waals surface area contributed by atoms with Gasteiger partial charge in [0.25, 0.3) is 5.91 Å². The minimum absolute atomic E-state index is 0.0971. The predicted octanol–water partition coefficient (Wildman–Crippen LogP) is 4.70. The molecule has 0 aliphatic carbocycles. The molecule has 0 atom stereocenters. The first-order valence-electron chi connectivity index (χ1n) is 9.73. The second-order valence-corrected chi connectivity index (χ2v) is 7.70. The van der Waals surface area contributed by atoms with Gasteiger partial charge in [-0.25, -0.2) is 9.37 Å². The van der Waals surface area contributed by atoms with E-state index in [2.05, 4.69) is 15.3 Å². The summed E-state index contributed by atoms with van der Waals surface area (Å²) in [5, 5.41) is 3.72. The van der Waals surface area contributed by atoms with Gasteiger partial charge in [-0.1, -0.05) is 18.2 Å². The third kappa shape index (κ3) is 6.98. The van der Waals surface area contributed by atoms with Crippen LogP contribution in [0.5, 0.6) is 0 Å². The molecule has 6 heteroatoms. The number of rotatable bonds is 10. The number of amides is 1. The highest BCUT2D eigenvalue weighted by Crippen LogP contribution is 2.21. The van der Waals surface area contributed by atoms with Crippen molar-refractivity contribution < 1.29 is 9.18 Å². The maximum absolute atomic E-state index is 13.0. The zero-order valence-electron chi connectivity index (χ0n) is 16.2. The van der Waals surface area contributed by atoms with E-state index < -0.39 is 0 Å². The number of hydrogen-bond donors (Lipinski definition) is 1. The lowest BCUT2D eigenvalue weighted by Gasteiger charge is -2.09. The third-order valence-corrected chi connectivity index (χ3v) is 5.49. The summed E-state index contributed by atoms with van der Waals surface area (Å²) in [6, 6.07) is 16.0. The molecule has 1 N–H and O–H groups in total. The van der Waals surface area contributed by atoms with Crippen molar-refractivity contribution in [1.82, 2.24) is 15.3 Å². The van der Waals surface area contributed by atoms with E-state index in [1.54, 1.807) is 30.2 Å². The van der Waals surface area contributed by atoms with E-state index in [-0.39, 0.29) is 11.7 Å². The van der Waals surface area contributed by atoms with E-state index in [0.29, 0.717) is 12.1 Å². The Hall–Kier alpha value is -2.73. The molecule has 0 radical (unpaired) electrons. The highest BCUT2D eigenvalue weighted by atomic mass is 32.2. The van der Waals surface area contributed by atoms with Crippen LogP contribution in [-0.2, 0) is 12.8 Å². The van der Waals surface area contributed by atoms with Gasteiger partial charge < -0.3 is 5.32 Å². The summed E-state index contributed by atoms with van der Waals surface area (Å²) in [5.74, 6) is 0.529. The zero-order valence-corrected chi connectivity index (χ0v) is 17.0. The Bertz CT molecular complexity index is 904. The molecule has 1 aromatic carbocycles.